The van der Waals surface area contributed by atoms with Crippen LogP contribution in [-0.2, 0) is 30.8 Å². The number of hydrogen-bond acceptors (Lipinski definition) is 7. The summed E-state index contributed by atoms with van der Waals surface area (Å²) >= 11 is 0. The minimum absolute atomic E-state index is 0.0528. The van der Waals surface area contributed by atoms with E-state index in [0.29, 0.717) is 24.2 Å². The molecule has 3 N–H and O–H groups in total. The zero-order valence-electron chi connectivity index (χ0n) is 16.6. The van der Waals surface area contributed by atoms with Gasteiger partial charge in [-0.25, -0.2) is 13.2 Å². The first-order chi connectivity index (χ1) is 14.8. The van der Waals surface area contributed by atoms with Crippen molar-refractivity contribution < 1.29 is 22.7 Å². The second-order valence-electron chi connectivity index (χ2n) is 6.55. The Balaban J connectivity index is 1.84. The van der Waals surface area contributed by atoms with Gasteiger partial charge in [0.2, 0.25) is 5.91 Å². The van der Waals surface area contributed by atoms with Crippen LogP contribution in [0.1, 0.15) is 18.9 Å². The Morgan fingerprint density at radius 2 is 1.97 bits per heavy atom. The van der Waals surface area contributed by atoms with E-state index in [1.54, 1.807) is 43.3 Å². The number of nitrogens with one attached hydrogen (secondary N) is 3. The summed E-state index contributed by atoms with van der Waals surface area (Å²) in [5.74, 6) is -0.884. The van der Waals surface area contributed by atoms with Gasteiger partial charge >= 0.3 is 5.97 Å². The van der Waals surface area contributed by atoms with Crippen LogP contribution in [0, 0.1) is 11.3 Å². The fraction of sp³-hybridized carbons (Fsp3) is 0.190. The van der Waals surface area contributed by atoms with Crippen molar-refractivity contribution in [2.75, 3.05) is 22.0 Å². The van der Waals surface area contributed by atoms with Crippen LogP contribution in [0.25, 0.3) is 0 Å². The Bertz CT molecular complexity index is 1200. The van der Waals surface area contributed by atoms with Gasteiger partial charge in [0.15, 0.2) is 5.57 Å². The summed E-state index contributed by atoms with van der Waals surface area (Å²) in [6.07, 6.45) is 1.91. The number of fused-ring (bicyclic) bond motifs is 1. The maximum atomic E-state index is 12.9. The molecule has 1 aliphatic rings. The van der Waals surface area contributed by atoms with Gasteiger partial charge in [-0.05, 0) is 49.2 Å². The van der Waals surface area contributed by atoms with Crippen molar-refractivity contribution in [2.45, 2.75) is 24.7 Å². The SMILES string of the molecule is CCOC(=O)/C(C#N)=C/Nc1ccccc1NS(=O)(=O)c1ccc2c(c1)CCC(=O)N2. The van der Waals surface area contributed by atoms with Gasteiger partial charge in [-0.2, -0.15) is 5.26 Å². The van der Waals surface area contributed by atoms with E-state index in [1.165, 1.54) is 12.1 Å². The third-order valence-corrected chi connectivity index (χ3v) is 5.80. The number of nitrogens with zero attached hydrogens (tertiary/aromatic N) is 1. The summed E-state index contributed by atoms with van der Waals surface area (Å²) in [6.45, 7) is 1.75. The number of para-hydroxylation sites is 2. The molecule has 1 heterocycles. The number of sulfonamides is 1. The number of ether oxygens (including phenoxy) is 1. The quantitative estimate of drug-likeness (QED) is 0.342. The van der Waals surface area contributed by atoms with Crippen LogP contribution in [0.3, 0.4) is 0 Å². The van der Waals surface area contributed by atoms with Crippen molar-refractivity contribution in [3.05, 3.63) is 59.8 Å². The van der Waals surface area contributed by atoms with Gasteiger partial charge in [0.25, 0.3) is 10.0 Å². The molecule has 0 bridgehead atoms. The van der Waals surface area contributed by atoms with Crippen molar-refractivity contribution >= 4 is 39.0 Å². The molecular formula is C21H20N4O5S. The second kappa shape index (κ2) is 9.32. The molecule has 0 atom stereocenters. The first-order valence-corrected chi connectivity index (χ1v) is 10.9. The van der Waals surface area contributed by atoms with Crippen molar-refractivity contribution in [3.63, 3.8) is 0 Å². The first kappa shape index (κ1) is 21.9. The van der Waals surface area contributed by atoms with Crippen LogP contribution in [0.2, 0.25) is 0 Å². The lowest BCUT2D eigenvalue weighted by Crippen LogP contribution is -2.20. The number of nitriles is 1. The highest BCUT2D eigenvalue weighted by Gasteiger charge is 2.21. The smallest absolute Gasteiger partial charge is 0.350 e. The average Bonchev–Trinajstić information content (AvgIpc) is 2.74. The molecule has 0 aliphatic carbocycles. The molecule has 0 spiro atoms. The van der Waals surface area contributed by atoms with E-state index in [9.17, 15) is 18.0 Å². The normalized spacial score (nSPS) is 13.4. The summed E-state index contributed by atoms with van der Waals surface area (Å²) in [5, 5.41) is 14.6. The topological polar surface area (TPSA) is 137 Å². The van der Waals surface area contributed by atoms with Crippen molar-refractivity contribution in [2.24, 2.45) is 0 Å². The van der Waals surface area contributed by atoms with Crippen LogP contribution in [0.4, 0.5) is 17.1 Å². The molecule has 0 aromatic heterocycles. The molecule has 0 saturated heterocycles. The van der Waals surface area contributed by atoms with E-state index in [0.717, 1.165) is 11.8 Å². The highest BCUT2D eigenvalue weighted by molar-refractivity contribution is 7.92. The van der Waals surface area contributed by atoms with Crippen molar-refractivity contribution in [1.29, 1.82) is 5.26 Å². The Labute approximate surface area is 179 Å². The molecule has 0 fully saturated rings. The minimum Gasteiger partial charge on any atom is -0.462 e. The highest BCUT2D eigenvalue weighted by atomic mass is 32.2. The Hall–Kier alpha value is -3.84. The largest absolute Gasteiger partial charge is 0.462 e. The van der Waals surface area contributed by atoms with Gasteiger partial charge in [0, 0.05) is 18.3 Å². The molecule has 10 heteroatoms. The van der Waals surface area contributed by atoms with Crippen LogP contribution in [-0.4, -0.2) is 26.9 Å². The number of aryl methyl sites for hydroxylation is 1. The van der Waals surface area contributed by atoms with E-state index in [4.69, 9.17) is 10.00 Å². The summed E-state index contributed by atoms with van der Waals surface area (Å²) in [5.41, 5.74) is 1.66. The van der Waals surface area contributed by atoms with Gasteiger partial charge in [-0.1, -0.05) is 12.1 Å². The molecule has 3 rings (SSSR count). The lowest BCUT2D eigenvalue weighted by atomic mass is 10.0. The van der Waals surface area contributed by atoms with Gasteiger partial charge in [-0.15, -0.1) is 0 Å². The highest BCUT2D eigenvalue weighted by Crippen LogP contribution is 2.28. The van der Waals surface area contributed by atoms with Crippen LogP contribution in [0.5, 0.6) is 0 Å². The summed E-state index contributed by atoms with van der Waals surface area (Å²) in [7, 11) is -3.93. The Morgan fingerprint density at radius 1 is 1.23 bits per heavy atom. The number of rotatable bonds is 7. The number of carbonyl (C=O) groups excluding carboxylic acids is 2. The summed E-state index contributed by atoms with van der Waals surface area (Å²) < 4.78 is 33.2. The summed E-state index contributed by atoms with van der Waals surface area (Å²) in [6, 6.07) is 12.7. The fourth-order valence-corrected chi connectivity index (χ4v) is 4.05. The molecule has 0 unspecified atom stereocenters. The second-order valence-corrected chi connectivity index (χ2v) is 8.24. The standard InChI is InChI=1S/C21H20N4O5S/c1-2-30-21(27)15(12-22)13-23-18-5-3-4-6-19(18)25-31(28,29)16-8-9-17-14(11-16)7-10-20(26)24-17/h3-6,8-9,11,13,23,25H,2,7,10H2,1H3,(H,24,26)/b15-13+. The lowest BCUT2D eigenvalue weighted by molar-refractivity contribution is -0.138. The molecule has 9 nitrogen and oxygen atoms in total. The molecule has 2 aromatic carbocycles. The first-order valence-electron chi connectivity index (χ1n) is 9.42. The fourth-order valence-electron chi connectivity index (χ4n) is 2.92. The van der Waals surface area contributed by atoms with Crippen LogP contribution in [0.15, 0.2) is 59.1 Å². The molecule has 0 saturated carbocycles. The molecule has 1 amide bonds. The van der Waals surface area contributed by atoms with Gasteiger partial charge in [0.1, 0.15) is 6.07 Å². The van der Waals surface area contributed by atoms with Crippen LogP contribution < -0.4 is 15.4 Å². The third-order valence-electron chi connectivity index (χ3n) is 4.44. The van der Waals surface area contributed by atoms with E-state index >= 15 is 0 Å². The number of amides is 1. The Morgan fingerprint density at radius 3 is 2.68 bits per heavy atom. The van der Waals surface area contributed by atoms with E-state index in [-0.39, 0.29) is 28.7 Å². The van der Waals surface area contributed by atoms with E-state index in [2.05, 4.69) is 15.4 Å². The van der Waals surface area contributed by atoms with Crippen molar-refractivity contribution in [1.82, 2.24) is 0 Å². The molecular weight excluding hydrogens is 420 g/mol. The average molecular weight is 440 g/mol. The summed E-state index contributed by atoms with van der Waals surface area (Å²) in [4.78, 5) is 23.3. The number of esters is 1. The number of benzene rings is 2. The van der Waals surface area contributed by atoms with E-state index in [1.807, 2.05) is 0 Å². The van der Waals surface area contributed by atoms with Gasteiger partial charge in [-0.3, -0.25) is 9.52 Å². The Kier molecular flexibility index (Phi) is 6.57. The monoisotopic (exact) mass is 440 g/mol. The predicted octanol–water partition coefficient (Wildman–Crippen LogP) is 2.75. The van der Waals surface area contributed by atoms with Gasteiger partial charge in [0.05, 0.1) is 22.9 Å². The number of hydrogen-bond donors (Lipinski definition) is 3. The van der Waals surface area contributed by atoms with Crippen molar-refractivity contribution in [3.8, 4) is 6.07 Å². The zero-order valence-corrected chi connectivity index (χ0v) is 17.5. The van der Waals surface area contributed by atoms with Crippen LogP contribution >= 0.6 is 0 Å². The minimum atomic E-state index is -3.93. The molecule has 31 heavy (non-hydrogen) atoms. The molecule has 160 valence electrons. The number of carbonyl (C=O) groups is 2. The molecule has 1 aliphatic heterocycles. The zero-order chi connectivity index (χ0) is 22.4. The lowest BCUT2D eigenvalue weighted by Gasteiger charge is -2.18. The van der Waals surface area contributed by atoms with E-state index < -0.39 is 16.0 Å². The molecule has 0 radical (unpaired) electrons. The maximum Gasteiger partial charge on any atom is 0.350 e. The molecule has 2 aromatic rings. The number of anilines is 3. The van der Waals surface area contributed by atoms with Gasteiger partial charge < -0.3 is 15.4 Å². The predicted molar refractivity (Wildman–Crippen MR) is 115 cm³/mol. The third kappa shape index (κ3) is 5.21. The maximum absolute atomic E-state index is 12.9.